The molecule has 5 heteroatoms. The van der Waals surface area contributed by atoms with Gasteiger partial charge in [-0.05, 0) is 43.5 Å². The molecular formula is C14H14FNO3. The zero-order chi connectivity index (χ0) is 13.4. The number of fused-ring (bicyclic) bond motifs is 1. The highest BCUT2D eigenvalue weighted by Gasteiger charge is 2.39. The molecule has 1 aliphatic heterocycles. The summed E-state index contributed by atoms with van der Waals surface area (Å²) >= 11 is 0. The molecule has 1 aromatic carbocycles. The first-order valence-corrected chi connectivity index (χ1v) is 6.36. The molecule has 0 saturated heterocycles. The standard InChI is InChI=1S/C14H14FNO3/c15-10-4-1-8(2-5-10)13-16-11-7-9(14(17)18)3-6-12(11)19-13/h1-2,4-5,9,11-12H,3,6-7H2,(H,17,18). The number of rotatable bonds is 2. The minimum absolute atomic E-state index is 0.0318. The summed E-state index contributed by atoms with van der Waals surface area (Å²) in [5.41, 5.74) is 0.739. The molecule has 0 amide bonds. The van der Waals surface area contributed by atoms with Crippen LogP contribution in [-0.4, -0.2) is 29.1 Å². The van der Waals surface area contributed by atoms with Crippen LogP contribution in [0, 0.1) is 11.7 Å². The summed E-state index contributed by atoms with van der Waals surface area (Å²) in [7, 11) is 0. The number of carboxylic acid groups (broad SMARTS) is 1. The molecule has 1 saturated carbocycles. The van der Waals surface area contributed by atoms with Crippen LogP contribution >= 0.6 is 0 Å². The number of halogens is 1. The van der Waals surface area contributed by atoms with E-state index in [2.05, 4.69) is 4.99 Å². The maximum Gasteiger partial charge on any atom is 0.306 e. The van der Waals surface area contributed by atoms with E-state index in [1.54, 1.807) is 12.1 Å². The predicted molar refractivity (Wildman–Crippen MR) is 66.6 cm³/mol. The van der Waals surface area contributed by atoms with Crippen LogP contribution in [0.2, 0.25) is 0 Å². The van der Waals surface area contributed by atoms with E-state index in [9.17, 15) is 9.18 Å². The SMILES string of the molecule is O=C(O)C1CCC2OC(c3ccc(F)cc3)=NC2C1. The van der Waals surface area contributed by atoms with Crippen molar-refractivity contribution in [2.75, 3.05) is 0 Å². The number of nitrogens with zero attached hydrogens (tertiary/aromatic N) is 1. The van der Waals surface area contributed by atoms with Crippen LogP contribution in [0.25, 0.3) is 0 Å². The molecule has 4 nitrogen and oxygen atoms in total. The summed E-state index contributed by atoms with van der Waals surface area (Å²) in [5.74, 6) is -0.892. The van der Waals surface area contributed by atoms with E-state index in [1.807, 2.05) is 0 Å². The molecule has 3 atom stereocenters. The average Bonchev–Trinajstić information content (AvgIpc) is 2.82. The molecule has 1 aliphatic carbocycles. The van der Waals surface area contributed by atoms with Gasteiger partial charge in [0.1, 0.15) is 11.9 Å². The molecule has 3 rings (SSSR count). The largest absolute Gasteiger partial charge is 0.481 e. The highest BCUT2D eigenvalue weighted by atomic mass is 19.1. The van der Waals surface area contributed by atoms with Crippen molar-refractivity contribution < 1.29 is 19.0 Å². The van der Waals surface area contributed by atoms with E-state index in [0.717, 1.165) is 5.56 Å². The molecule has 2 aliphatic rings. The van der Waals surface area contributed by atoms with Gasteiger partial charge in [-0.3, -0.25) is 4.79 Å². The molecule has 0 bridgehead atoms. The van der Waals surface area contributed by atoms with Crippen LogP contribution < -0.4 is 0 Å². The van der Waals surface area contributed by atoms with Gasteiger partial charge in [0.05, 0.1) is 12.0 Å². The summed E-state index contributed by atoms with van der Waals surface area (Å²) < 4.78 is 18.6. The number of benzene rings is 1. The van der Waals surface area contributed by atoms with E-state index in [-0.39, 0.29) is 23.9 Å². The lowest BCUT2D eigenvalue weighted by atomic mass is 9.84. The Labute approximate surface area is 109 Å². The highest BCUT2D eigenvalue weighted by molar-refractivity contribution is 5.95. The fourth-order valence-corrected chi connectivity index (χ4v) is 2.68. The maximum atomic E-state index is 12.9. The Kier molecular flexibility index (Phi) is 2.97. The van der Waals surface area contributed by atoms with Gasteiger partial charge in [-0.2, -0.15) is 0 Å². The van der Waals surface area contributed by atoms with Gasteiger partial charge in [-0.1, -0.05) is 0 Å². The van der Waals surface area contributed by atoms with Gasteiger partial charge in [0, 0.05) is 5.56 Å². The van der Waals surface area contributed by atoms with Crippen molar-refractivity contribution in [1.82, 2.24) is 0 Å². The second kappa shape index (κ2) is 4.64. The molecule has 0 aromatic heterocycles. The highest BCUT2D eigenvalue weighted by Crippen LogP contribution is 2.33. The minimum atomic E-state index is -0.760. The number of carboxylic acids is 1. The van der Waals surface area contributed by atoms with E-state index in [4.69, 9.17) is 9.84 Å². The summed E-state index contributed by atoms with van der Waals surface area (Å²) in [5, 5.41) is 9.04. The van der Waals surface area contributed by atoms with Gasteiger partial charge in [-0.15, -0.1) is 0 Å². The van der Waals surface area contributed by atoms with Gasteiger partial charge >= 0.3 is 5.97 Å². The Morgan fingerprint density at radius 3 is 2.74 bits per heavy atom. The summed E-state index contributed by atoms with van der Waals surface area (Å²) in [6.45, 7) is 0. The minimum Gasteiger partial charge on any atom is -0.481 e. The van der Waals surface area contributed by atoms with Crippen LogP contribution in [0.15, 0.2) is 29.3 Å². The Morgan fingerprint density at radius 1 is 1.32 bits per heavy atom. The van der Waals surface area contributed by atoms with Crippen LogP contribution in [0.3, 0.4) is 0 Å². The van der Waals surface area contributed by atoms with Crippen molar-refractivity contribution in [1.29, 1.82) is 0 Å². The van der Waals surface area contributed by atoms with Gasteiger partial charge in [0.25, 0.3) is 0 Å². The van der Waals surface area contributed by atoms with Crippen LogP contribution in [0.5, 0.6) is 0 Å². The molecule has 1 N–H and O–H groups in total. The van der Waals surface area contributed by atoms with Gasteiger partial charge in [0.2, 0.25) is 5.90 Å². The normalized spacial score (nSPS) is 29.3. The lowest BCUT2D eigenvalue weighted by molar-refractivity contribution is -0.143. The first-order valence-electron chi connectivity index (χ1n) is 6.36. The van der Waals surface area contributed by atoms with Crippen LogP contribution in [0.1, 0.15) is 24.8 Å². The number of hydrogen-bond acceptors (Lipinski definition) is 3. The second-order valence-electron chi connectivity index (χ2n) is 5.01. The number of aliphatic carboxylic acids is 1. The molecule has 1 fully saturated rings. The fraction of sp³-hybridized carbons (Fsp3) is 0.429. The van der Waals surface area contributed by atoms with Crippen molar-refractivity contribution in [3.05, 3.63) is 35.6 Å². The van der Waals surface area contributed by atoms with Crippen molar-refractivity contribution in [3.8, 4) is 0 Å². The number of aliphatic imine (C=N–C) groups is 1. The molecule has 3 unspecified atom stereocenters. The van der Waals surface area contributed by atoms with Crippen molar-refractivity contribution in [2.24, 2.45) is 10.9 Å². The first kappa shape index (κ1) is 12.1. The molecule has 0 radical (unpaired) electrons. The third-order valence-electron chi connectivity index (χ3n) is 3.74. The summed E-state index contributed by atoms with van der Waals surface area (Å²) in [4.78, 5) is 15.5. The predicted octanol–water partition coefficient (Wildman–Crippen LogP) is 2.22. The first-order chi connectivity index (χ1) is 9.13. The Hall–Kier alpha value is -1.91. The zero-order valence-electron chi connectivity index (χ0n) is 10.3. The van der Waals surface area contributed by atoms with Crippen molar-refractivity contribution >= 4 is 11.9 Å². The number of ether oxygens (including phenoxy) is 1. The van der Waals surface area contributed by atoms with Crippen LogP contribution in [0.4, 0.5) is 4.39 Å². The van der Waals surface area contributed by atoms with E-state index >= 15 is 0 Å². The maximum absolute atomic E-state index is 12.9. The summed E-state index contributed by atoms with van der Waals surface area (Å²) in [6, 6.07) is 5.89. The van der Waals surface area contributed by atoms with E-state index in [0.29, 0.717) is 25.2 Å². The molecule has 1 heterocycles. The second-order valence-corrected chi connectivity index (χ2v) is 5.01. The van der Waals surface area contributed by atoms with Gasteiger partial charge in [-0.25, -0.2) is 9.38 Å². The molecule has 19 heavy (non-hydrogen) atoms. The molecule has 100 valence electrons. The van der Waals surface area contributed by atoms with Crippen LogP contribution in [-0.2, 0) is 9.53 Å². The number of hydrogen-bond donors (Lipinski definition) is 1. The Morgan fingerprint density at radius 2 is 2.05 bits per heavy atom. The monoisotopic (exact) mass is 263 g/mol. The number of carbonyl (C=O) groups is 1. The third kappa shape index (κ3) is 2.32. The summed E-state index contributed by atoms with van der Waals surface area (Å²) in [6.07, 6.45) is 1.82. The van der Waals surface area contributed by atoms with E-state index < -0.39 is 5.97 Å². The molecular weight excluding hydrogens is 249 g/mol. The van der Waals surface area contributed by atoms with E-state index in [1.165, 1.54) is 12.1 Å². The lowest BCUT2D eigenvalue weighted by Gasteiger charge is -2.26. The zero-order valence-corrected chi connectivity index (χ0v) is 10.3. The Balaban J connectivity index is 1.78. The quantitative estimate of drug-likeness (QED) is 0.890. The van der Waals surface area contributed by atoms with Gasteiger partial charge in [0.15, 0.2) is 0 Å². The molecule has 0 spiro atoms. The van der Waals surface area contributed by atoms with Crippen molar-refractivity contribution in [3.63, 3.8) is 0 Å². The third-order valence-corrected chi connectivity index (χ3v) is 3.74. The lowest BCUT2D eigenvalue weighted by Crippen LogP contribution is -2.33. The smallest absolute Gasteiger partial charge is 0.306 e. The average molecular weight is 263 g/mol. The topological polar surface area (TPSA) is 58.9 Å². The Bertz CT molecular complexity index is 526. The van der Waals surface area contributed by atoms with Gasteiger partial charge < -0.3 is 9.84 Å². The molecule has 1 aromatic rings. The fourth-order valence-electron chi connectivity index (χ4n) is 2.68. The van der Waals surface area contributed by atoms with Crippen molar-refractivity contribution in [2.45, 2.75) is 31.4 Å².